The van der Waals surface area contributed by atoms with E-state index in [0.29, 0.717) is 18.7 Å². The lowest BCUT2D eigenvalue weighted by molar-refractivity contribution is -0.0000350. The van der Waals surface area contributed by atoms with Gasteiger partial charge >= 0.3 is 11.9 Å². The van der Waals surface area contributed by atoms with Crippen molar-refractivity contribution < 1.29 is 32.2 Å². The summed E-state index contributed by atoms with van der Waals surface area (Å²) in [4.78, 5) is 21.8. The molecule has 2 aromatic rings. The fourth-order valence-corrected chi connectivity index (χ4v) is 1.99. The quantitative estimate of drug-likeness (QED) is 0.660. The van der Waals surface area contributed by atoms with Crippen molar-refractivity contribution in [3.05, 3.63) is 70.8 Å². The molecule has 3 N–H and O–H groups in total. The lowest BCUT2D eigenvalue weighted by atomic mass is 10.1. The minimum Gasteiger partial charge on any atom is -1.00 e. The first-order valence-corrected chi connectivity index (χ1v) is 6.42. The first kappa shape index (κ1) is 17.7. The van der Waals surface area contributed by atoms with Crippen molar-refractivity contribution in [2.45, 2.75) is 13.1 Å². The van der Waals surface area contributed by atoms with Gasteiger partial charge in [0.25, 0.3) is 0 Å². The van der Waals surface area contributed by atoms with E-state index in [-0.39, 0.29) is 23.5 Å². The van der Waals surface area contributed by atoms with Crippen LogP contribution < -0.4 is 17.7 Å². The van der Waals surface area contributed by atoms with Crippen LogP contribution in [-0.4, -0.2) is 22.2 Å². The number of aromatic carboxylic acids is 2. The van der Waals surface area contributed by atoms with E-state index < -0.39 is 11.9 Å². The van der Waals surface area contributed by atoms with Gasteiger partial charge in [-0.2, -0.15) is 0 Å². The minimum atomic E-state index is -0.954. The van der Waals surface area contributed by atoms with Crippen LogP contribution in [0.4, 0.5) is 0 Å². The van der Waals surface area contributed by atoms with Gasteiger partial charge in [0.1, 0.15) is 0 Å². The number of nitrogens with one attached hydrogen (secondary N) is 1. The smallest absolute Gasteiger partial charge is 0.336 e. The summed E-state index contributed by atoms with van der Waals surface area (Å²) in [6.07, 6.45) is 0. The fourth-order valence-electron chi connectivity index (χ4n) is 1.99. The Morgan fingerprint density at radius 1 is 0.864 bits per heavy atom. The third kappa shape index (κ3) is 4.58. The molecule has 0 fully saturated rings. The van der Waals surface area contributed by atoms with Crippen molar-refractivity contribution in [3.8, 4) is 0 Å². The van der Waals surface area contributed by atoms with Gasteiger partial charge in [0.2, 0.25) is 0 Å². The van der Waals surface area contributed by atoms with Crippen molar-refractivity contribution in [1.82, 2.24) is 5.32 Å². The Labute approximate surface area is 134 Å². The number of carboxylic acids is 2. The highest BCUT2D eigenvalue weighted by Crippen LogP contribution is 2.09. The Hall–Kier alpha value is -2.37. The van der Waals surface area contributed by atoms with Gasteiger partial charge in [-0.1, -0.05) is 30.3 Å². The second kappa shape index (κ2) is 8.17. The van der Waals surface area contributed by atoms with E-state index in [1.807, 2.05) is 0 Å². The van der Waals surface area contributed by atoms with Gasteiger partial charge < -0.3 is 27.9 Å². The molecule has 0 heterocycles. The Kier molecular flexibility index (Phi) is 6.56. The molecule has 0 radical (unpaired) electrons. The first-order chi connectivity index (χ1) is 10.1. The van der Waals surface area contributed by atoms with Crippen LogP contribution in [0.2, 0.25) is 0 Å². The molecule has 0 amide bonds. The topological polar surface area (TPSA) is 86.6 Å². The van der Waals surface area contributed by atoms with Crippen molar-refractivity contribution in [3.63, 3.8) is 0 Å². The van der Waals surface area contributed by atoms with E-state index in [1.165, 1.54) is 0 Å². The van der Waals surface area contributed by atoms with Gasteiger partial charge in [-0.15, -0.1) is 0 Å². The van der Waals surface area contributed by atoms with Crippen molar-refractivity contribution >= 4 is 11.9 Å². The third-order valence-electron chi connectivity index (χ3n) is 3.09. The molecule has 22 heavy (non-hydrogen) atoms. The molecule has 0 spiro atoms. The number of benzene rings is 2. The predicted molar refractivity (Wildman–Crippen MR) is 77.3 cm³/mol. The molecule has 0 aliphatic rings. The molecule has 5 nitrogen and oxygen atoms in total. The van der Waals surface area contributed by atoms with E-state index in [4.69, 9.17) is 10.2 Å². The zero-order valence-corrected chi connectivity index (χ0v) is 12.4. The lowest BCUT2D eigenvalue weighted by Gasteiger charge is -2.08. The van der Waals surface area contributed by atoms with Crippen molar-refractivity contribution in [2.75, 3.05) is 0 Å². The summed E-state index contributed by atoms with van der Waals surface area (Å²) in [5.41, 5.74) is 2.18. The van der Waals surface area contributed by atoms with Crippen molar-refractivity contribution in [2.24, 2.45) is 0 Å². The number of carboxylic acid groups (broad SMARTS) is 2. The zero-order valence-electron chi connectivity index (χ0n) is 11.6. The molecule has 2 aromatic carbocycles. The van der Waals surface area contributed by atoms with Gasteiger partial charge in [0.05, 0.1) is 11.1 Å². The fraction of sp³-hybridized carbons (Fsp3) is 0.125. The highest BCUT2D eigenvalue weighted by atomic mass is 35.5. The third-order valence-corrected chi connectivity index (χ3v) is 3.09. The van der Waals surface area contributed by atoms with Gasteiger partial charge in [-0.05, 0) is 29.3 Å². The number of halogens is 1. The van der Waals surface area contributed by atoms with Gasteiger partial charge in [0.15, 0.2) is 0 Å². The number of hydrogen-bond donors (Lipinski definition) is 3. The second-order valence-electron chi connectivity index (χ2n) is 4.57. The molecule has 2 rings (SSSR count). The molecule has 0 atom stereocenters. The Bertz CT molecular complexity index is 655. The Morgan fingerprint density at radius 3 is 2.09 bits per heavy atom. The van der Waals surface area contributed by atoms with Gasteiger partial charge in [0, 0.05) is 13.1 Å². The van der Waals surface area contributed by atoms with Crippen LogP contribution in [0.5, 0.6) is 0 Å². The highest BCUT2D eigenvalue weighted by molar-refractivity contribution is 5.89. The van der Waals surface area contributed by atoms with Crippen LogP contribution in [0.1, 0.15) is 31.8 Å². The van der Waals surface area contributed by atoms with E-state index >= 15 is 0 Å². The maximum atomic E-state index is 11.1. The molecule has 6 heteroatoms. The summed E-state index contributed by atoms with van der Waals surface area (Å²) < 4.78 is 0. The molecule has 0 aliphatic carbocycles. The van der Waals surface area contributed by atoms with E-state index in [1.54, 1.807) is 48.5 Å². The molecule has 0 saturated heterocycles. The van der Waals surface area contributed by atoms with Crippen LogP contribution in [0.3, 0.4) is 0 Å². The molecule has 0 aromatic heterocycles. The van der Waals surface area contributed by atoms with E-state index in [9.17, 15) is 9.59 Å². The van der Waals surface area contributed by atoms with Crippen LogP contribution in [-0.2, 0) is 13.1 Å². The molecule has 116 valence electrons. The highest BCUT2D eigenvalue weighted by Gasteiger charge is 2.08. The molecular weight excluding hydrogens is 306 g/mol. The lowest BCUT2D eigenvalue weighted by Crippen LogP contribution is -3.00. The Balaban J connectivity index is 0.00000242. The summed E-state index contributed by atoms with van der Waals surface area (Å²) >= 11 is 0. The summed E-state index contributed by atoms with van der Waals surface area (Å²) in [6, 6.07) is 13.4. The molecular formula is C16H15ClNO4-. The normalized spacial score (nSPS) is 9.82. The average Bonchev–Trinajstić information content (AvgIpc) is 2.48. The maximum Gasteiger partial charge on any atom is 0.336 e. The predicted octanol–water partition coefficient (Wildman–Crippen LogP) is -0.623. The minimum absolute atomic E-state index is 0. The summed E-state index contributed by atoms with van der Waals surface area (Å²) in [6.45, 7) is 0.969. The van der Waals surface area contributed by atoms with Crippen molar-refractivity contribution in [1.29, 1.82) is 0 Å². The van der Waals surface area contributed by atoms with Crippen LogP contribution in [0, 0.1) is 0 Å². The van der Waals surface area contributed by atoms with Crippen LogP contribution in [0.25, 0.3) is 0 Å². The molecule has 0 unspecified atom stereocenters. The number of hydrogen-bond acceptors (Lipinski definition) is 3. The van der Waals surface area contributed by atoms with E-state index in [2.05, 4.69) is 5.32 Å². The van der Waals surface area contributed by atoms with E-state index in [0.717, 1.165) is 5.56 Å². The monoisotopic (exact) mass is 320 g/mol. The summed E-state index contributed by atoms with van der Waals surface area (Å²) in [5.74, 6) is -1.90. The van der Waals surface area contributed by atoms with Gasteiger partial charge in [-0.25, -0.2) is 9.59 Å². The van der Waals surface area contributed by atoms with Crippen LogP contribution in [0.15, 0.2) is 48.5 Å². The first-order valence-electron chi connectivity index (χ1n) is 6.42. The summed E-state index contributed by atoms with van der Waals surface area (Å²) in [7, 11) is 0. The van der Waals surface area contributed by atoms with Gasteiger partial charge in [-0.3, -0.25) is 0 Å². The van der Waals surface area contributed by atoms with Crippen LogP contribution >= 0.6 is 0 Å². The maximum absolute atomic E-state index is 11.1. The Morgan fingerprint density at radius 2 is 1.50 bits per heavy atom. The average molecular weight is 321 g/mol. The molecule has 0 saturated carbocycles. The number of carbonyl (C=O) groups is 2. The largest absolute Gasteiger partial charge is 1.00 e. The zero-order chi connectivity index (χ0) is 15.2. The SMILES string of the molecule is O=C(O)c1ccc(CNCc2ccccc2C(=O)O)cc1.[Cl-]. The second-order valence-corrected chi connectivity index (χ2v) is 4.57. The standard InChI is InChI=1S/C16H15NO4.ClH/c18-15(19)12-7-5-11(6-8-12)9-17-10-13-3-1-2-4-14(13)16(20)21;/h1-8,17H,9-10H2,(H,18,19)(H,20,21);1H/p-1. The molecule has 0 bridgehead atoms. The number of rotatable bonds is 6. The summed E-state index contributed by atoms with van der Waals surface area (Å²) in [5, 5.41) is 21.0. The molecule has 0 aliphatic heterocycles.